The molecule has 1 aromatic rings. The Morgan fingerprint density at radius 3 is 2.65 bits per heavy atom. The largest absolute Gasteiger partial charge is 0.373 e. The maximum absolute atomic E-state index is 10.5. The molecule has 17 heavy (non-hydrogen) atoms. The molecule has 0 aliphatic carbocycles. The maximum Gasteiger partial charge on any atom is 0.312 e. The van der Waals surface area contributed by atoms with Crippen molar-refractivity contribution < 1.29 is 4.79 Å². The Morgan fingerprint density at radius 2 is 2.06 bits per heavy atom. The van der Waals surface area contributed by atoms with Crippen molar-refractivity contribution in [1.29, 1.82) is 0 Å². The molecular weight excluding hydrogens is 220 g/mol. The fourth-order valence-corrected chi connectivity index (χ4v) is 1.25. The molecule has 1 aromatic heterocycles. The molecule has 5 N–H and O–H groups in total. The van der Waals surface area contributed by atoms with Gasteiger partial charge in [0.05, 0.1) is 0 Å². The quantitative estimate of drug-likeness (QED) is 0.528. The minimum Gasteiger partial charge on any atom is -0.373 e. The number of urea groups is 1. The molecule has 0 spiro atoms. The minimum atomic E-state index is -0.528. The number of nitrogens with two attached hydrogens (primary N) is 1. The molecule has 7 heteroatoms. The minimum absolute atomic E-state index is 0.454. The highest BCUT2D eigenvalue weighted by Crippen LogP contribution is 2.10. The van der Waals surface area contributed by atoms with Crippen molar-refractivity contribution in [3.63, 3.8) is 0 Å². The summed E-state index contributed by atoms with van der Waals surface area (Å²) < 4.78 is 0. The van der Waals surface area contributed by atoms with E-state index < -0.39 is 6.03 Å². The van der Waals surface area contributed by atoms with Gasteiger partial charge in [0, 0.05) is 32.6 Å². The second-order valence-electron chi connectivity index (χ2n) is 3.38. The molecule has 7 nitrogen and oxygen atoms in total. The maximum atomic E-state index is 10.5. The number of aryl methyl sites for hydroxylation is 1. The summed E-state index contributed by atoms with van der Waals surface area (Å²) >= 11 is 0. The zero-order chi connectivity index (χ0) is 12.7. The number of aromatic nitrogens is 2. The molecule has 0 aliphatic heterocycles. The van der Waals surface area contributed by atoms with Gasteiger partial charge in [-0.3, -0.25) is 0 Å². The Hall–Kier alpha value is -2.05. The van der Waals surface area contributed by atoms with Gasteiger partial charge in [0.1, 0.15) is 17.5 Å². The second kappa shape index (κ2) is 6.51. The number of nitrogens with one attached hydrogen (secondary N) is 3. The van der Waals surface area contributed by atoms with Crippen molar-refractivity contribution in [2.75, 3.05) is 30.8 Å². The lowest BCUT2D eigenvalue weighted by Gasteiger charge is -2.09. The highest BCUT2D eigenvalue weighted by Gasteiger charge is 2.01. The van der Waals surface area contributed by atoms with E-state index in [-0.39, 0.29) is 0 Å². The third-order valence-electron chi connectivity index (χ3n) is 2.08. The van der Waals surface area contributed by atoms with E-state index in [1.807, 2.05) is 13.0 Å². The molecule has 94 valence electrons. The van der Waals surface area contributed by atoms with Crippen LogP contribution in [-0.4, -0.2) is 36.1 Å². The highest BCUT2D eigenvalue weighted by molar-refractivity contribution is 5.71. The van der Waals surface area contributed by atoms with Crippen LogP contribution in [0.25, 0.3) is 0 Å². The lowest BCUT2D eigenvalue weighted by molar-refractivity contribution is 0.249. The molecule has 0 saturated carbocycles. The summed E-state index contributed by atoms with van der Waals surface area (Å²) in [6.45, 7) is 3.01. The van der Waals surface area contributed by atoms with Crippen LogP contribution in [0.1, 0.15) is 12.7 Å². The predicted molar refractivity (Wildman–Crippen MR) is 67.0 cm³/mol. The summed E-state index contributed by atoms with van der Waals surface area (Å²) in [4.78, 5) is 19.0. The monoisotopic (exact) mass is 238 g/mol. The fraction of sp³-hybridized carbons (Fsp3) is 0.500. The van der Waals surface area contributed by atoms with Crippen LogP contribution in [0.15, 0.2) is 6.07 Å². The first kappa shape index (κ1) is 13.0. The van der Waals surface area contributed by atoms with Crippen molar-refractivity contribution in [3.05, 3.63) is 11.9 Å². The van der Waals surface area contributed by atoms with E-state index in [0.29, 0.717) is 13.1 Å². The number of nitrogens with zero attached hydrogens (tertiary/aromatic N) is 2. The van der Waals surface area contributed by atoms with E-state index in [1.165, 1.54) is 0 Å². The molecule has 0 saturated heterocycles. The van der Waals surface area contributed by atoms with Gasteiger partial charge in [-0.1, -0.05) is 6.92 Å². The number of rotatable bonds is 6. The third-order valence-corrected chi connectivity index (χ3v) is 2.08. The van der Waals surface area contributed by atoms with Crippen LogP contribution >= 0.6 is 0 Å². The standard InChI is InChI=1S/C10H18N6O/c1-3-7-15-8(12-2)6-9(16-7)13-4-5-14-10(11)17/h6H,3-5H2,1-2H3,(H3,11,14,17)(H2,12,13,15,16). The smallest absolute Gasteiger partial charge is 0.312 e. The van der Waals surface area contributed by atoms with Gasteiger partial charge in [0.25, 0.3) is 0 Å². The van der Waals surface area contributed by atoms with Gasteiger partial charge < -0.3 is 21.7 Å². The Kier molecular flexibility index (Phi) is 4.99. The van der Waals surface area contributed by atoms with E-state index in [1.54, 1.807) is 7.05 Å². The lowest BCUT2D eigenvalue weighted by atomic mass is 10.4. The van der Waals surface area contributed by atoms with Gasteiger partial charge in [-0.25, -0.2) is 14.8 Å². The van der Waals surface area contributed by atoms with E-state index in [4.69, 9.17) is 5.73 Å². The second-order valence-corrected chi connectivity index (χ2v) is 3.38. The van der Waals surface area contributed by atoms with E-state index in [2.05, 4.69) is 25.9 Å². The SMILES string of the molecule is CCc1nc(NC)cc(NCCNC(N)=O)n1. The summed E-state index contributed by atoms with van der Waals surface area (Å²) in [7, 11) is 1.81. The van der Waals surface area contributed by atoms with Crippen molar-refractivity contribution in [1.82, 2.24) is 15.3 Å². The van der Waals surface area contributed by atoms with Crippen LogP contribution < -0.4 is 21.7 Å². The van der Waals surface area contributed by atoms with Crippen molar-refractivity contribution >= 4 is 17.7 Å². The molecule has 0 unspecified atom stereocenters. The van der Waals surface area contributed by atoms with Crippen molar-refractivity contribution in [2.24, 2.45) is 5.73 Å². The summed E-state index contributed by atoms with van der Waals surface area (Å²) in [5.74, 6) is 2.26. The van der Waals surface area contributed by atoms with Crippen LogP contribution in [0.3, 0.4) is 0 Å². The summed E-state index contributed by atoms with van der Waals surface area (Å²) in [6.07, 6.45) is 0.768. The lowest BCUT2D eigenvalue weighted by Crippen LogP contribution is -2.33. The molecule has 0 aliphatic rings. The molecule has 0 radical (unpaired) electrons. The number of hydrogen-bond donors (Lipinski definition) is 4. The number of amides is 2. The molecule has 0 bridgehead atoms. The van der Waals surface area contributed by atoms with Gasteiger partial charge in [0.2, 0.25) is 0 Å². The number of primary amides is 1. The Morgan fingerprint density at radius 1 is 1.35 bits per heavy atom. The average Bonchev–Trinajstić information content (AvgIpc) is 2.34. The van der Waals surface area contributed by atoms with E-state index >= 15 is 0 Å². The highest BCUT2D eigenvalue weighted by atomic mass is 16.2. The third kappa shape index (κ3) is 4.54. The molecule has 0 fully saturated rings. The molecule has 0 aromatic carbocycles. The molecule has 1 rings (SSSR count). The number of carbonyl (C=O) groups excluding carboxylic acids is 1. The first-order valence-electron chi connectivity index (χ1n) is 5.48. The van der Waals surface area contributed by atoms with E-state index in [0.717, 1.165) is 23.9 Å². The number of hydrogen-bond acceptors (Lipinski definition) is 5. The van der Waals surface area contributed by atoms with Gasteiger partial charge in [0.15, 0.2) is 0 Å². The van der Waals surface area contributed by atoms with Crippen LogP contribution in [0.2, 0.25) is 0 Å². The Labute approximate surface area is 100 Å². The van der Waals surface area contributed by atoms with Gasteiger partial charge >= 0.3 is 6.03 Å². The Bertz CT molecular complexity index is 359. The topological polar surface area (TPSA) is 105 Å². The first-order chi connectivity index (χ1) is 8.15. The van der Waals surface area contributed by atoms with Crippen LogP contribution in [0, 0.1) is 0 Å². The van der Waals surface area contributed by atoms with Crippen LogP contribution in [-0.2, 0) is 6.42 Å². The fourth-order valence-electron chi connectivity index (χ4n) is 1.25. The Balaban J connectivity index is 2.54. The van der Waals surface area contributed by atoms with Crippen LogP contribution in [0.5, 0.6) is 0 Å². The average molecular weight is 238 g/mol. The summed E-state index contributed by atoms with van der Waals surface area (Å²) in [5, 5.41) is 8.55. The van der Waals surface area contributed by atoms with Gasteiger partial charge in [-0.15, -0.1) is 0 Å². The summed E-state index contributed by atoms with van der Waals surface area (Å²) in [6, 6.07) is 1.28. The van der Waals surface area contributed by atoms with Crippen molar-refractivity contribution in [3.8, 4) is 0 Å². The van der Waals surface area contributed by atoms with Crippen molar-refractivity contribution in [2.45, 2.75) is 13.3 Å². The van der Waals surface area contributed by atoms with Gasteiger partial charge in [-0.05, 0) is 0 Å². The molecular formula is C10H18N6O. The number of carbonyl (C=O) groups is 1. The van der Waals surface area contributed by atoms with E-state index in [9.17, 15) is 4.79 Å². The van der Waals surface area contributed by atoms with Crippen LogP contribution in [0.4, 0.5) is 16.4 Å². The molecule has 2 amide bonds. The van der Waals surface area contributed by atoms with Gasteiger partial charge in [-0.2, -0.15) is 0 Å². The zero-order valence-corrected chi connectivity index (χ0v) is 10.1. The molecule has 1 heterocycles. The first-order valence-corrected chi connectivity index (χ1v) is 5.48. The zero-order valence-electron chi connectivity index (χ0n) is 10.1. The normalized spacial score (nSPS) is 9.76. The summed E-state index contributed by atoms with van der Waals surface area (Å²) in [5.41, 5.74) is 4.95. The predicted octanol–water partition coefficient (Wildman–Crippen LogP) is 0.161. The number of anilines is 2. The molecule has 0 atom stereocenters.